The molecule has 0 spiro atoms. The molecule has 2 aliphatic heterocycles. The standard InChI is InChI=1S/C37H45N3O4/c1-6-11-39-31-17-32(44-5)26(15-29(31)22(2)18-36(39,3)4)16-30-33(41)38-35(43)40(34(30)42)28-9-7-27(8-10-28)37-19-23-12-24(20-37)14-25(13-23)21-37/h7-10,15-17,22-25H,6,11-14,18-21H2,1-5H3,(H,38,41,43)/b30-16-. The number of anilines is 2. The summed E-state index contributed by atoms with van der Waals surface area (Å²) in [6, 6.07) is 11.3. The second-order valence-electron chi connectivity index (χ2n) is 14.9. The predicted molar refractivity (Wildman–Crippen MR) is 173 cm³/mol. The Kier molecular flexibility index (Phi) is 6.94. The molecule has 6 aliphatic rings. The molecular weight excluding hydrogens is 550 g/mol. The first-order chi connectivity index (χ1) is 21.0. The van der Waals surface area contributed by atoms with Gasteiger partial charge in [-0.25, -0.2) is 9.69 Å². The SMILES string of the molecule is CCCN1c2cc(OC)c(/C=C3/C(=O)NC(=O)N(c4ccc(C56CC7CC(CC(C7)C5)C6)cc4)C3=O)cc2C(C)CC1(C)C. The van der Waals surface area contributed by atoms with Crippen LogP contribution in [0, 0.1) is 17.8 Å². The van der Waals surface area contributed by atoms with Crippen molar-refractivity contribution in [3.63, 3.8) is 0 Å². The Balaban J connectivity index is 1.21. The summed E-state index contributed by atoms with van der Waals surface area (Å²) in [5.41, 5.74) is 4.89. The fourth-order valence-corrected chi connectivity index (χ4v) is 9.94. The maximum atomic E-state index is 13.9. The lowest BCUT2D eigenvalue weighted by atomic mass is 9.48. The quantitative estimate of drug-likeness (QED) is 0.279. The molecule has 7 heteroatoms. The van der Waals surface area contributed by atoms with E-state index in [9.17, 15) is 14.4 Å². The largest absolute Gasteiger partial charge is 0.496 e. The normalized spacial score (nSPS) is 31.4. The van der Waals surface area contributed by atoms with Crippen LogP contribution >= 0.6 is 0 Å². The number of hydrogen-bond donors (Lipinski definition) is 1. The summed E-state index contributed by atoms with van der Waals surface area (Å²) in [4.78, 5) is 43.5. The number of fused-ring (bicyclic) bond motifs is 1. The first-order valence-corrected chi connectivity index (χ1v) is 16.5. The van der Waals surface area contributed by atoms with Crippen LogP contribution in [0.15, 0.2) is 42.0 Å². The summed E-state index contributed by atoms with van der Waals surface area (Å²) in [6.07, 6.45) is 11.5. The number of urea groups is 1. The van der Waals surface area contributed by atoms with Crippen LogP contribution < -0.4 is 19.9 Å². The zero-order valence-electron chi connectivity index (χ0n) is 26.7. The number of hydrogen-bond acceptors (Lipinski definition) is 5. The van der Waals surface area contributed by atoms with E-state index >= 15 is 0 Å². The number of ether oxygens (including phenoxy) is 1. The monoisotopic (exact) mass is 595 g/mol. The van der Waals surface area contributed by atoms with E-state index in [1.807, 2.05) is 24.3 Å². The summed E-state index contributed by atoms with van der Waals surface area (Å²) in [6.45, 7) is 9.88. The van der Waals surface area contributed by atoms with E-state index in [-0.39, 0.29) is 22.4 Å². The Labute approximate surface area is 261 Å². The van der Waals surface area contributed by atoms with E-state index in [0.29, 0.717) is 17.0 Å². The third-order valence-corrected chi connectivity index (χ3v) is 11.4. The van der Waals surface area contributed by atoms with Gasteiger partial charge in [0.25, 0.3) is 11.8 Å². The summed E-state index contributed by atoms with van der Waals surface area (Å²) >= 11 is 0. The lowest BCUT2D eigenvalue weighted by Gasteiger charge is -2.57. The molecule has 4 aliphatic carbocycles. The predicted octanol–water partition coefficient (Wildman–Crippen LogP) is 7.33. The molecule has 2 aromatic rings. The average Bonchev–Trinajstić information content (AvgIpc) is 2.96. The minimum Gasteiger partial charge on any atom is -0.496 e. The molecule has 1 saturated heterocycles. The maximum absolute atomic E-state index is 13.9. The number of amides is 4. The molecule has 232 valence electrons. The summed E-state index contributed by atoms with van der Waals surface area (Å²) in [7, 11) is 1.61. The Hall–Kier alpha value is -3.61. The van der Waals surface area contributed by atoms with Gasteiger partial charge in [-0.1, -0.05) is 26.0 Å². The molecule has 1 atom stereocenters. The maximum Gasteiger partial charge on any atom is 0.335 e. The average molecular weight is 596 g/mol. The molecule has 4 amide bonds. The topological polar surface area (TPSA) is 79.0 Å². The number of nitrogens with zero attached hydrogens (tertiary/aromatic N) is 2. The Morgan fingerprint density at radius 2 is 1.59 bits per heavy atom. The lowest BCUT2D eigenvalue weighted by molar-refractivity contribution is -0.122. The van der Waals surface area contributed by atoms with Gasteiger partial charge in [-0.2, -0.15) is 0 Å². The minimum atomic E-state index is -0.719. The molecule has 0 aromatic heterocycles. The molecule has 1 unspecified atom stereocenters. The summed E-state index contributed by atoms with van der Waals surface area (Å²) in [5, 5.41) is 2.40. The number of benzene rings is 2. The molecule has 1 N–H and O–H groups in total. The van der Waals surface area contributed by atoms with Crippen molar-refractivity contribution in [3.05, 3.63) is 58.7 Å². The molecule has 0 radical (unpaired) electrons. The van der Waals surface area contributed by atoms with E-state index < -0.39 is 17.8 Å². The van der Waals surface area contributed by atoms with Crippen molar-refractivity contribution < 1.29 is 19.1 Å². The molecular formula is C37H45N3O4. The number of methoxy groups -OCH3 is 1. The van der Waals surface area contributed by atoms with Gasteiger partial charge < -0.3 is 9.64 Å². The molecule has 7 nitrogen and oxygen atoms in total. The zero-order chi connectivity index (χ0) is 31.0. The summed E-state index contributed by atoms with van der Waals surface area (Å²) in [5.74, 6) is 2.06. The van der Waals surface area contributed by atoms with Crippen molar-refractivity contribution in [1.29, 1.82) is 0 Å². The van der Waals surface area contributed by atoms with Crippen LogP contribution in [0.1, 0.15) is 102 Å². The van der Waals surface area contributed by atoms with Crippen LogP contribution in [-0.4, -0.2) is 37.0 Å². The third kappa shape index (κ3) is 4.65. The molecule has 2 heterocycles. The number of rotatable bonds is 6. The highest BCUT2D eigenvalue weighted by Gasteiger charge is 2.51. The number of carbonyl (C=O) groups is 3. The van der Waals surface area contributed by atoms with Crippen LogP contribution in [0.25, 0.3) is 6.08 Å². The van der Waals surface area contributed by atoms with Gasteiger partial charge in [-0.05, 0) is 130 Å². The van der Waals surface area contributed by atoms with Crippen LogP contribution in [-0.2, 0) is 15.0 Å². The van der Waals surface area contributed by atoms with E-state index in [1.165, 1.54) is 49.7 Å². The highest BCUT2D eigenvalue weighted by atomic mass is 16.5. The smallest absolute Gasteiger partial charge is 0.335 e. The van der Waals surface area contributed by atoms with Crippen molar-refractivity contribution in [1.82, 2.24) is 5.32 Å². The van der Waals surface area contributed by atoms with Gasteiger partial charge in [0.15, 0.2) is 0 Å². The van der Waals surface area contributed by atoms with Gasteiger partial charge in [0.05, 0.1) is 12.8 Å². The zero-order valence-corrected chi connectivity index (χ0v) is 26.7. The second-order valence-corrected chi connectivity index (χ2v) is 14.9. The van der Waals surface area contributed by atoms with Crippen LogP contribution in [0.3, 0.4) is 0 Å². The second kappa shape index (κ2) is 10.5. The van der Waals surface area contributed by atoms with Gasteiger partial charge in [0.2, 0.25) is 0 Å². The van der Waals surface area contributed by atoms with Crippen LogP contribution in [0.4, 0.5) is 16.2 Å². The van der Waals surface area contributed by atoms with Gasteiger partial charge in [-0.15, -0.1) is 0 Å². The van der Waals surface area contributed by atoms with Crippen molar-refractivity contribution in [2.24, 2.45) is 17.8 Å². The lowest BCUT2D eigenvalue weighted by Crippen LogP contribution is -2.54. The highest BCUT2D eigenvalue weighted by Crippen LogP contribution is 2.60. The van der Waals surface area contributed by atoms with E-state index in [2.05, 4.69) is 50.0 Å². The fourth-order valence-electron chi connectivity index (χ4n) is 9.94. The Morgan fingerprint density at radius 1 is 0.955 bits per heavy atom. The number of barbiturate groups is 1. The number of imide groups is 2. The third-order valence-electron chi connectivity index (χ3n) is 11.4. The Bertz CT molecular complexity index is 1520. The van der Waals surface area contributed by atoms with Crippen molar-refractivity contribution in [3.8, 4) is 5.75 Å². The molecule has 5 fully saturated rings. The number of nitrogens with one attached hydrogen (secondary N) is 1. The highest BCUT2D eigenvalue weighted by molar-refractivity contribution is 6.39. The first kappa shape index (κ1) is 29.1. The number of carbonyl (C=O) groups excluding carboxylic acids is 3. The van der Waals surface area contributed by atoms with Gasteiger partial charge >= 0.3 is 6.03 Å². The van der Waals surface area contributed by atoms with Crippen molar-refractivity contribution in [2.45, 2.75) is 95.9 Å². The van der Waals surface area contributed by atoms with Gasteiger partial charge in [0.1, 0.15) is 11.3 Å². The molecule has 8 rings (SSSR count). The Morgan fingerprint density at radius 3 is 2.18 bits per heavy atom. The van der Waals surface area contributed by atoms with Crippen LogP contribution in [0.2, 0.25) is 0 Å². The van der Waals surface area contributed by atoms with Crippen LogP contribution in [0.5, 0.6) is 5.75 Å². The van der Waals surface area contributed by atoms with E-state index in [0.717, 1.165) is 47.7 Å². The van der Waals surface area contributed by atoms with Gasteiger partial charge in [0, 0.05) is 29.4 Å². The van der Waals surface area contributed by atoms with Gasteiger partial charge in [-0.3, -0.25) is 14.9 Å². The summed E-state index contributed by atoms with van der Waals surface area (Å²) < 4.78 is 5.80. The van der Waals surface area contributed by atoms with E-state index in [4.69, 9.17) is 4.74 Å². The molecule has 44 heavy (non-hydrogen) atoms. The van der Waals surface area contributed by atoms with E-state index in [1.54, 1.807) is 13.2 Å². The first-order valence-electron chi connectivity index (χ1n) is 16.5. The minimum absolute atomic E-state index is 0.00125. The van der Waals surface area contributed by atoms with Crippen molar-refractivity contribution in [2.75, 3.05) is 23.5 Å². The fraction of sp³-hybridized carbons (Fsp3) is 0.541. The molecule has 2 aromatic carbocycles. The molecule has 4 saturated carbocycles. The molecule has 4 bridgehead atoms. The van der Waals surface area contributed by atoms with Crippen molar-refractivity contribution >= 4 is 35.3 Å².